The van der Waals surface area contributed by atoms with Crippen LogP contribution in [0.2, 0.25) is 0 Å². The number of nitrogens with zero attached hydrogens (tertiary/aromatic N) is 2. The third kappa shape index (κ3) is 2.75. The topological polar surface area (TPSA) is 93.5 Å². The zero-order chi connectivity index (χ0) is 15.5. The normalized spacial score (nSPS) is 14.9. The lowest BCUT2D eigenvalue weighted by molar-refractivity contribution is 0.122. The molecule has 0 radical (unpaired) electrons. The number of nitrogen functional groups attached to an aromatic ring is 1. The molecule has 1 fully saturated rings. The molecule has 0 aliphatic carbocycles. The van der Waals surface area contributed by atoms with Gasteiger partial charge in [0.25, 0.3) is 5.56 Å². The number of nitrogens with one attached hydrogen (secondary N) is 1. The van der Waals surface area contributed by atoms with Gasteiger partial charge in [-0.1, -0.05) is 12.1 Å². The highest BCUT2D eigenvalue weighted by Gasteiger charge is 2.17. The molecule has 3 N–H and O–H groups in total. The van der Waals surface area contributed by atoms with E-state index in [1.807, 2.05) is 4.90 Å². The van der Waals surface area contributed by atoms with Crippen LogP contribution in [-0.2, 0) is 4.74 Å². The Morgan fingerprint density at radius 2 is 1.95 bits per heavy atom. The number of nitrogens with two attached hydrogens (primary N) is 1. The van der Waals surface area contributed by atoms with Gasteiger partial charge in [0.15, 0.2) is 0 Å². The van der Waals surface area contributed by atoms with Gasteiger partial charge in [-0.3, -0.25) is 9.78 Å². The quantitative estimate of drug-likeness (QED) is 0.873. The van der Waals surface area contributed by atoms with Crippen molar-refractivity contribution in [2.75, 3.05) is 44.0 Å². The average Bonchev–Trinajstić information content (AvgIpc) is 2.55. The molecule has 2 aromatic rings. The van der Waals surface area contributed by atoms with Crippen LogP contribution < -0.4 is 20.9 Å². The summed E-state index contributed by atoms with van der Waals surface area (Å²) in [6.45, 7) is 2.60. The molecule has 3 rings (SSSR count). The van der Waals surface area contributed by atoms with Crippen LogP contribution in [0.5, 0.6) is 5.75 Å². The predicted octanol–water partition coefficient (Wildman–Crippen LogP) is 0.864. The predicted molar refractivity (Wildman–Crippen MR) is 84.3 cm³/mol. The molecule has 22 heavy (non-hydrogen) atoms. The van der Waals surface area contributed by atoms with Crippen molar-refractivity contribution in [3.63, 3.8) is 0 Å². The Kier molecular flexibility index (Phi) is 3.97. The molecule has 0 unspecified atom stereocenters. The standard InChI is InChI=1S/C15H18N4O3/c1-21-11-4-2-10(3-5-11)12-13(16)17-15(18-14(12)20)19-6-8-22-9-7-19/h2-5H,6-9H2,1H3,(H3,16,17,18,20). The summed E-state index contributed by atoms with van der Waals surface area (Å²) >= 11 is 0. The number of ether oxygens (including phenoxy) is 2. The summed E-state index contributed by atoms with van der Waals surface area (Å²) in [4.78, 5) is 21.5. The summed E-state index contributed by atoms with van der Waals surface area (Å²) in [5.74, 6) is 1.43. The molecule has 7 heteroatoms. The fraction of sp³-hybridized carbons (Fsp3) is 0.333. The molecule has 116 valence electrons. The number of hydrogen-bond donors (Lipinski definition) is 2. The third-order valence-electron chi connectivity index (χ3n) is 3.62. The van der Waals surface area contributed by atoms with Crippen LogP contribution in [0.15, 0.2) is 29.1 Å². The van der Waals surface area contributed by atoms with E-state index in [9.17, 15) is 4.79 Å². The number of anilines is 2. The fourth-order valence-corrected chi connectivity index (χ4v) is 2.44. The molecule has 0 saturated carbocycles. The molecule has 1 aromatic heterocycles. The lowest BCUT2D eigenvalue weighted by Crippen LogP contribution is -2.38. The first-order valence-electron chi connectivity index (χ1n) is 7.06. The van der Waals surface area contributed by atoms with Crippen LogP contribution in [-0.4, -0.2) is 43.4 Å². The zero-order valence-corrected chi connectivity index (χ0v) is 12.3. The summed E-state index contributed by atoms with van der Waals surface area (Å²) in [6, 6.07) is 7.14. The highest BCUT2D eigenvalue weighted by molar-refractivity contribution is 5.74. The molecule has 2 heterocycles. The average molecular weight is 302 g/mol. The molecule has 1 aromatic carbocycles. The minimum Gasteiger partial charge on any atom is -0.497 e. The van der Waals surface area contributed by atoms with Gasteiger partial charge in [-0.05, 0) is 17.7 Å². The van der Waals surface area contributed by atoms with Gasteiger partial charge in [-0.2, -0.15) is 4.98 Å². The van der Waals surface area contributed by atoms with Gasteiger partial charge in [-0.15, -0.1) is 0 Å². The van der Waals surface area contributed by atoms with Gasteiger partial charge in [0.05, 0.1) is 25.9 Å². The van der Waals surface area contributed by atoms with Crippen molar-refractivity contribution < 1.29 is 9.47 Å². The molecule has 0 spiro atoms. The SMILES string of the molecule is COc1ccc(-c2c(N)nc(N3CCOCC3)[nH]c2=O)cc1. The molecule has 7 nitrogen and oxygen atoms in total. The lowest BCUT2D eigenvalue weighted by atomic mass is 10.1. The van der Waals surface area contributed by atoms with Gasteiger partial charge in [0.2, 0.25) is 5.95 Å². The Morgan fingerprint density at radius 1 is 1.27 bits per heavy atom. The summed E-state index contributed by atoms with van der Waals surface area (Å²) in [5, 5.41) is 0. The van der Waals surface area contributed by atoms with E-state index in [0.717, 1.165) is 5.75 Å². The largest absolute Gasteiger partial charge is 0.497 e. The van der Waals surface area contributed by atoms with Gasteiger partial charge in [0, 0.05) is 13.1 Å². The maximum atomic E-state index is 12.4. The molecule has 1 aliphatic rings. The maximum Gasteiger partial charge on any atom is 0.262 e. The Labute approximate surface area is 127 Å². The van der Waals surface area contributed by atoms with Crippen LogP contribution in [0.25, 0.3) is 11.1 Å². The highest BCUT2D eigenvalue weighted by atomic mass is 16.5. The van der Waals surface area contributed by atoms with Crippen molar-refractivity contribution in [1.82, 2.24) is 9.97 Å². The molecule has 1 saturated heterocycles. The first-order valence-corrected chi connectivity index (χ1v) is 7.06. The Hall–Kier alpha value is -2.54. The van der Waals surface area contributed by atoms with Crippen molar-refractivity contribution in [2.45, 2.75) is 0 Å². The van der Waals surface area contributed by atoms with Gasteiger partial charge < -0.3 is 20.1 Å². The number of methoxy groups -OCH3 is 1. The number of aromatic amines is 1. The van der Waals surface area contributed by atoms with Gasteiger partial charge in [0.1, 0.15) is 11.6 Å². The molecule has 1 aliphatic heterocycles. The second-order valence-corrected chi connectivity index (χ2v) is 4.98. The molecule has 0 bridgehead atoms. The molecular weight excluding hydrogens is 284 g/mol. The summed E-state index contributed by atoms with van der Waals surface area (Å²) in [5.41, 5.74) is 6.84. The second kappa shape index (κ2) is 6.07. The van der Waals surface area contributed by atoms with Crippen molar-refractivity contribution >= 4 is 11.8 Å². The maximum absolute atomic E-state index is 12.4. The second-order valence-electron chi connectivity index (χ2n) is 4.98. The van der Waals surface area contributed by atoms with Crippen molar-refractivity contribution in [2.24, 2.45) is 0 Å². The number of H-pyrrole nitrogens is 1. The highest BCUT2D eigenvalue weighted by Crippen LogP contribution is 2.24. The van der Waals surface area contributed by atoms with E-state index in [1.165, 1.54) is 0 Å². The van der Waals surface area contributed by atoms with Crippen LogP contribution >= 0.6 is 0 Å². The number of hydrogen-bond acceptors (Lipinski definition) is 6. The smallest absolute Gasteiger partial charge is 0.262 e. The fourth-order valence-electron chi connectivity index (χ4n) is 2.44. The number of morpholine rings is 1. The van der Waals surface area contributed by atoms with Gasteiger partial charge in [-0.25, -0.2) is 0 Å². The molecule has 0 atom stereocenters. The van der Waals surface area contributed by atoms with E-state index in [-0.39, 0.29) is 11.4 Å². The van der Waals surface area contributed by atoms with E-state index in [1.54, 1.807) is 31.4 Å². The summed E-state index contributed by atoms with van der Waals surface area (Å²) in [6.07, 6.45) is 0. The van der Waals surface area contributed by atoms with Crippen molar-refractivity contribution in [3.05, 3.63) is 34.6 Å². The summed E-state index contributed by atoms with van der Waals surface area (Å²) < 4.78 is 10.4. The minimum absolute atomic E-state index is 0.218. The first-order chi connectivity index (χ1) is 10.7. The zero-order valence-electron chi connectivity index (χ0n) is 12.3. The van der Waals surface area contributed by atoms with E-state index < -0.39 is 0 Å². The number of aromatic nitrogens is 2. The Morgan fingerprint density at radius 3 is 2.55 bits per heavy atom. The first kappa shape index (κ1) is 14.4. The van der Waals surface area contributed by atoms with Crippen molar-refractivity contribution in [1.29, 1.82) is 0 Å². The monoisotopic (exact) mass is 302 g/mol. The summed E-state index contributed by atoms with van der Waals surface area (Å²) in [7, 11) is 1.59. The van der Waals surface area contributed by atoms with Crippen LogP contribution in [0.3, 0.4) is 0 Å². The molecule has 0 amide bonds. The number of benzene rings is 1. The Balaban J connectivity index is 1.96. The van der Waals surface area contributed by atoms with Crippen LogP contribution in [0, 0.1) is 0 Å². The lowest BCUT2D eigenvalue weighted by Gasteiger charge is -2.27. The minimum atomic E-state index is -0.251. The van der Waals surface area contributed by atoms with Gasteiger partial charge >= 0.3 is 0 Å². The Bertz CT molecular complexity index is 706. The van der Waals surface area contributed by atoms with Crippen LogP contribution in [0.4, 0.5) is 11.8 Å². The molecular formula is C15H18N4O3. The third-order valence-corrected chi connectivity index (χ3v) is 3.62. The number of rotatable bonds is 3. The van der Waals surface area contributed by atoms with E-state index >= 15 is 0 Å². The van der Waals surface area contributed by atoms with E-state index in [4.69, 9.17) is 15.2 Å². The van der Waals surface area contributed by atoms with E-state index in [0.29, 0.717) is 43.4 Å². The van der Waals surface area contributed by atoms with E-state index in [2.05, 4.69) is 9.97 Å². The van der Waals surface area contributed by atoms with Crippen molar-refractivity contribution in [3.8, 4) is 16.9 Å². The van der Waals surface area contributed by atoms with Crippen LogP contribution in [0.1, 0.15) is 0 Å².